The second-order valence-electron chi connectivity index (χ2n) is 3.01. The molecule has 0 bridgehead atoms. The van der Waals surface area contributed by atoms with Gasteiger partial charge in [0.25, 0.3) is 0 Å². The molecule has 0 aliphatic carbocycles. The summed E-state index contributed by atoms with van der Waals surface area (Å²) < 4.78 is 10.2. The average Bonchev–Trinajstić information content (AvgIpc) is 2.75. The monoisotopic (exact) mass is 237 g/mol. The first kappa shape index (κ1) is 12.7. The van der Waals surface area contributed by atoms with E-state index in [4.69, 9.17) is 0 Å². The second kappa shape index (κ2) is 5.08. The standard InChI is InChI=1S/C10H8N2O4.H3N/c1-15-10(14)7-3-2-4-8(5-7)12-6-9(13)16-11-12;/h2-6H,1H3;1H3. The predicted molar refractivity (Wildman–Crippen MR) is 53.8 cm³/mol. The van der Waals surface area contributed by atoms with Crippen LogP contribution in [0.15, 0.2) is 35.0 Å². The first-order valence-corrected chi connectivity index (χ1v) is 4.45. The summed E-state index contributed by atoms with van der Waals surface area (Å²) in [6.07, 6.45) is 1.18. The third-order valence-corrected chi connectivity index (χ3v) is 1.98. The summed E-state index contributed by atoms with van der Waals surface area (Å²) in [5, 5.41) is 14.3. The minimum atomic E-state index is -0.552. The Labute approximate surface area is 96.8 Å². The molecule has 0 aliphatic heterocycles. The molecule has 0 unspecified atom stereocenters. The highest BCUT2D eigenvalue weighted by Crippen LogP contribution is 2.07. The highest BCUT2D eigenvalue weighted by molar-refractivity contribution is 5.89. The second-order valence-corrected chi connectivity index (χ2v) is 3.01. The SMILES string of the molecule is COC(=O)c1cccc(-[n+]2cc([O-])on2)c1.N. The summed E-state index contributed by atoms with van der Waals surface area (Å²) in [5.74, 6) is -1.00. The van der Waals surface area contributed by atoms with Crippen LogP contribution in [0.4, 0.5) is 0 Å². The van der Waals surface area contributed by atoms with E-state index in [1.165, 1.54) is 18.0 Å². The van der Waals surface area contributed by atoms with Gasteiger partial charge in [-0.1, -0.05) is 6.07 Å². The summed E-state index contributed by atoms with van der Waals surface area (Å²) in [6, 6.07) is 6.50. The van der Waals surface area contributed by atoms with Gasteiger partial charge < -0.3 is 20.5 Å². The summed E-state index contributed by atoms with van der Waals surface area (Å²) >= 11 is 0. The van der Waals surface area contributed by atoms with Gasteiger partial charge in [0.15, 0.2) is 0 Å². The quantitative estimate of drug-likeness (QED) is 0.579. The fourth-order valence-corrected chi connectivity index (χ4v) is 1.25. The molecule has 17 heavy (non-hydrogen) atoms. The molecule has 0 spiro atoms. The molecule has 0 amide bonds. The van der Waals surface area contributed by atoms with Crippen molar-refractivity contribution >= 4 is 5.97 Å². The maximum atomic E-state index is 11.3. The van der Waals surface area contributed by atoms with Gasteiger partial charge in [0.1, 0.15) is 5.95 Å². The number of carbonyl (C=O) groups excluding carboxylic acids is 1. The smallest absolute Gasteiger partial charge is 0.338 e. The van der Waals surface area contributed by atoms with Gasteiger partial charge >= 0.3 is 5.97 Å². The van der Waals surface area contributed by atoms with Crippen LogP contribution in [-0.2, 0) is 4.74 Å². The van der Waals surface area contributed by atoms with E-state index in [0.717, 1.165) is 0 Å². The van der Waals surface area contributed by atoms with Crippen molar-refractivity contribution in [1.29, 1.82) is 0 Å². The van der Waals surface area contributed by atoms with E-state index in [9.17, 15) is 9.90 Å². The number of esters is 1. The van der Waals surface area contributed by atoms with Crippen LogP contribution < -0.4 is 15.9 Å². The van der Waals surface area contributed by atoms with E-state index in [-0.39, 0.29) is 6.15 Å². The van der Waals surface area contributed by atoms with Gasteiger partial charge in [0.05, 0.1) is 17.9 Å². The van der Waals surface area contributed by atoms with Crippen LogP contribution in [0.5, 0.6) is 5.95 Å². The molecule has 90 valence electrons. The van der Waals surface area contributed by atoms with Crippen LogP contribution in [-0.4, -0.2) is 18.4 Å². The molecular formula is C10H11N3O4. The number of hydrogen-bond donors (Lipinski definition) is 1. The third kappa shape index (κ3) is 2.58. The largest absolute Gasteiger partial charge is 0.539 e. The minimum Gasteiger partial charge on any atom is -0.539 e. The first-order valence-electron chi connectivity index (χ1n) is 4.45. The number of ether oxygens (including phenoxy) is 1. The van der Waals surface area contributed by atoms with Crippen LogP contribution in [0, 0.1) is 0 Å². The van der Waals surface area contributed by atoms with Gasteiger partial charge in [0, 0.05) is 12.1 Å². The van der Waals surface area contributed by atoms with Gasteiger partial charge in [-0.25, -0.2) is 4.79 Å². The maximum absolute atomic E-state index is 11.3. The Bertz CT molecular complexity index is 524. The molecule has 0 atom stereocenters. The third-order valence-electron chi connectivity index (χ3n) is 1.98. The van der Waals surface area contributed by atoms with Crippen molar-refractivity contribution in [1.82, 2.24) is 11.4 Å². The van der Waals surface area contributed by atoms with E-state index >= 15 is 0 Å². The van der Waals surface area contributed by atoms with E-state index in [1.807, 2.05) is 0 Å². The van der Waals surface area contributed by atoms with Gasteiger partial charge in [-0.3, -0.25) is 0 Å². The number of aromatic nitrogens is 2. The zero-order chi connectivity index (χ0) is 11.5. The van der Waals surface area contributed by atoms with Crippen LogP contribution in [0.1, 0.15) is 10.4 Å². The molecular weight excluding hydrogens is 226 g/mol. The van der Waals surface area contributed by atoms with Crippen LogP contribution in [0.3, 0.4) is 0 Å². The topological polar surface area (TPSA) is 114 Å². The summed E-state index contributed by atoms with van der Waals surface area (Å²) in [6.45, 7) is 0. The van der Waals surface area contributed by atoms with Gasteiger partial charge in [0.2, 0.25) is 11.9 Å². The van der Waals surface area contributed by atoms with Crippen molar-refractivity contribution < 1.29 is 23.8 Å². The molecule has 1 heterocycles. The van der Waals surface area contributed by atoms with Crippen LogP contribution in [0.25, 0.3) is 5.69 Å². The van der Waals surface area contributed by atoms with E-state index in [0.29, 0.717) is 11.3 Å². The molecule has 2 rings (SSSR count). The Morgan fingerprint density at radius 3 is 2.88 bits per heavy atom. The Kier molecular flexibility index (Phi) is 3.78. The average molecular weight is 237 g/mol. The molecule has 0 saturated heterocycles. The van der Waals surface area contributed by atoms with Crippen molar-refractivity contribution in [3.63, 3.8) is 0 Å². The fraction of sp³-hybridized carbons (Fsp3) is 0.100. The molecule has 0 radical (unpaired) electrons. The molecule has 7 nitrogen and oxygen atoms in total. The lowest BCUT2D eigenvalue weighted by Gasteiger charge is -1.97. The summed E-state index contributed by atoms with van der Waals surface area (Å²) in [4.78, 5) is 11.3. The lowest BCUT2D eigenvalue weighted by molar-refractivity contribution is -0.670. The molecule has 7 heteroatoms. The molecule has 1 aromatic heterocycles. The van der Waals surface area contributed by atoms with Crippen molar-refractivity contribution in [3.05, 3.63) is 36.0 Å². The van der Waals surface area contributed by atoms with Gasteiger partial charge in [-0.15, -0.1) is 0 Å². The van der Waals surface area contributed by atoms with E-state index < -0.39 is 11.9 Å². The number of nitrogens with zero attached hydrogens (tertiary/aromatic N) is 2. The fourth-order valence-electron chi connectivity index (χ4n) is 1.25. The minimum absolute atomic E-state index is 0. The van der Waals surface area contributed by atoms with Crippen LogP contribution in [0.2, 0.25) is 0 Å². The molecule has 1 aromatic carbocycles. The highest BCUT2D eigenvalue weighted by atomic mass is 16.6. The Morgan fingerprint density at radius 1 is 1.53 bits per heavy atom. The molecule has 2 aromatic rings. The maximum Gasteiger partial charge on any atom is 0.338 e. The van der Waals surface area contributed by atoms with E-state index in [1.54, 1.807) is 24.3 Å². The molecule has 0 aliphatic rings. The Balaban J connectivity index is 0.00000144. The van der Waals surface area contributed by atoms with Crippen molar-refractivity contribution in [2.24, 2.45) is 0 Å². The Hall–Kier alpha value is -2.41. The van der Waals surface area contributed by atoms with Crippen LogP contribution >= 0.6 is 0 Å². The zero-order valence-corrected chi connectivity index (χ0v) is 9.12. The lowest BCUT2D eigenvalue weighted by Crippen LogP contribution is -2.31. The van der Waals surface area contributed by atoms with Gasteiger partial charge in [-0.05, 0) is 10.7 Å². The van der Waals surface area contributed by atoms with E-state index in [2.05, 4.69) is 14.5 Å². The Morgan fingerprint density at radius 2 is 2.29 bits per heavy atom. The molecule has 3 N–H and O–H groups in total. The first-order chi connectivity index (χ1) is 7.70. The molecule has 0 fully saturated rings. The lowest BCUT2D eigenvalue weighted by atomic mass is 10.2. The summed E-state index contributed by atoms with van der Waals surface area (Å²) in [7, 11) is 1.30. The summed E-state index contributed by atoms with van der Waals surface area (Å²) in [5.41, 5.74) is 0.927. The van der Waals surface area contributed by atoms with Crippen molar-refractivity contribution in [3.8, 4) is 11.6 Å². The predicted octanol–water partition coefficient (Wildman–Crippen LogP) is -0.0265. The highest BCUT2D eigenvalue weighted by Gasteiger charge is 2.13. The number of benzene rings is 1. The molecule has 0 saturated carbocycles. The number of carbonyl (C=O) groups is 1. The number of rotatable bonds is 2. The number of hydrogen-bond acceptors (Lipinski definition) is 6. The van der Waals surface area contributed by atoms with Crippen molar-refractivity contribution in [2.75, 3.05) is 7.11 Å². The zero-order valence-electron chi connectivity index (χ0n) is 9.12. The number of methoxy groups -OCH3 is 1. The van der Waals surface area contributed by atoms with Gasteiger partial charge in [-0.2, -0.15) is 0 Å². The normalized spacial score (nSPS) is 9.47. The van der Waals surface area contributed by atoms with Crippen molar-refractivity contribution in [2.45, 2.75) is 0 Å².